The fraction of sp³-hybridized carbons (Fsp3) is 0.500. The van der Waals surface area contributed by atoms with E-state index in [0.717, 1.165) is 26.2 Å². The van der Waals surface area contributed by atoms with Gasteiger partial charge in [-0.1, -0.05) is 0 Å². The lowest BCUT2D eigenvalue weighted by Gasteiger charge is -2.06. The average molecular weight is 203 g/mol. The summed E-state index contributed by atoms with van der Waals surface area (Å²) in [6.45, 7) is 1.80. The van der Waals surface area contributed by atoms with Gasteiger partial charge in [-0.05, 0) is 6.42 Å². The number of likely N-dealkylation sites (tertiary alicyclic amines) is 1. The van der Waals surface area contributed by atoms with Gasteiger partial charge in [0.15, 0.2) is 0 Å². The number of carbonyl (C=O) groups is 2. The molecule has 2 N–H and O–H groups in total. The second-order valence-corrected chi connectivity index (χ2v) is 2.60. The maximum absolute atomic E-state index is 10.8. The Morgan fingerprint density at radius 2 is 2.21 bits per heavy atom. The van der Waals surface area contributed by atoms with Crippen molar-refractivity contribution in [3.8, 4) is 0 Å². The summed E-state index contributed by atoms with van der Waals surface area (Å²) in [5, 5.41) is 15.3. The summed E-state index contributed by atoms with van der Waals surface area (Å²) in [5.74, 6) is -0.756. The maximum Gasteiger partial charge on any atom is 0.300 e. The molecular formula is C8H13NO5. The summed E-state index contributed by atoms with van der Waals surface area (Å²) >= 11 is 0. The Kier molecular flexibility index (Phi) is 6.13. The van der Waals surface area contributed by atoms with Crippen LogP contribution in [-0.2, 0) is 14.5 Å². The Morgan fingerprint density at radius 3 is 2.57 bits per heavy atom. The molecule has 80 valence electrons. The van der Waals surface area contributed by atoms with Crippen LogP contribution in [-0.4, -0.2) is 33.7 Å². The minimum atomic E-state index is -0.833. The molecule has 0 spiro atoms. The Hall–Kier alpha value is -1.56. The molecule has 1 aliphatic rings. The monoisotopic (exact) mass is 203 g/mol. The summed E-state index contributed by atoms with van der Waals surface area (Å²) < 4.78 is 0. The molecule has 1 fully saturated rings. The van der Waals surface area contributed by atoms with Crippen molar-refractivity contribution >= 4 is 11.9 Å². The lowest BCUT2D eigenvalue weighted by Crippen LogP contribution is -2.17. The highest BCUT2D eigenvalue weighted by molar-refractivity contribution is 5.79. The van der Waals surface area contributed by atoms with E-state index in [2.05, 4.69) is 4.89 Å². The zero-order valence-electron chi connectivity index (χ0n) is 7.84. The van der Waals surface area contributed by atoms with Crippen LogP contribution >= 0.6 is 0 Å². The van der Waals surface area contributed by atoms with Gasteiger partial charge in [-0.15, -0.1) is 0 Å². The van der Waals surface area contributed by atoms with E-state index in [1.165, 1.54) is 11.1 Å². The van der Waals surface area contributed by atoms with E-state index in [0.29, 0.717) is 6.42 Å². The van der Waals surface area contributed by atoms with E-state index in [4.69, 9.17) is 15.2 Å². The predicted molar refractivity (Wildman–Crippen MR) is 47.1 cm³/mol. The summed E-state index contributed by atoms with van der Waals surface area (Å²) in [6.07, 6.45) is 3.98. The molecule has 1 aliphatic heterocycles. The lowest BCUT2D eigenvalue weighted by molar-refractivity contribution is -0.187. The van der Waals surface area contributed by atoms with Gasteiger partial charge in [-0.3, -0.25) is 9.59 Å². The fourth-order valence-electron chi connectivity index (χ4n) is 0.927. The zero-order valence-corrected chi connectivity index (χ0v) is 7.84. The van der Waals surface area contributed by atoms with Crippen molar-refractivity contribution in [1.29, 1.82) is 0 Å². The zero-order chi connectivity index (χ0) is 11.0. The van der Waals surface area contributed by atoms with Crippen molar-refractivity contribution in [2.45, 2.75) is 19.8 Å². The van der Waals surface area contributed by atoms with Crippen molar-refractivity contribution in [1.82, 2.24) is 4.90 Å². The summed E-state index contributed by atoms with van der Waals surface area (Å²) in [4.78, 5) is 25.0. The molecule has 0 radical (unpaired) electrons. The SMILES string of the molecule is CC(=O)O.O=C1CCCN1C=COO. The third kappa shape index (κ3) is 6.01. The third-order valence-corrected chi connectivity index (χ3v) is 1.41. The van der Waals surface area contributed by atoms with Crippen LogP contribution < -0.4 is 0 Å². The number of carbonyl (C=O) groups excluding carboxylic acids is 1. The Balaban J connectivity index is 0.000000364. The number of hydrogen-bond donors (Lipinski definition) is 2. The number of rotatable bonds is 2. The minimum Gasteiger partial charge on any atom is -0.481 e. The molecule has 0 unspecified atom stereocenters. The van der Waals surface area contributed by atoms with Crippen LogP contribution in [0.2, 0.25) is 0 Å². The quantitative estimate of drug-likeness (QED) is 0.391. The smallest absolute Gasteiger partial charge is 0.300 e. The highest BCUT2D eigenvalue weighted by atomic mass is 17.1. The van der Waals surface area contributed by atoms with E-state index in [9.17, 15) is 4.79 Å². The van der Waals surface area contributed by atoms with Crippen LogP contribution in [0.1, 0.15) is 19.8 Å². The summed E-state index contributed by atoms with van der Waals surface area (Å²) in [7, 11) is 0. The number of carboxylic acids is 1. The standard InChI is InChI=1S/C6H9NO3.C2H4O2/c8-6-2-1-3-7(6)4-5-10-9;1-2(3)4/h4-5,9H,1-3H2;1H3,(H,3,4). The van der Waals surface area contributed by atoms with Gasteiger partial charge in [0.05, 0.1) is 0 Å². The molecule has 1 amide bonds. The molecular weight excluding hydrogens is 190 g/mol. The van der Waals surface area contributed by atoms with Gasteiger partial charge in [0, 0.05) is 26.1 Å². The van der Waals surface area contributed by atoms with Crippen molar-refractivity contribution < 1.29 is 24.8 Å². The summed E-state index contributed by atoms with van der Waals surface area (Å²) in [5.41, 5.74) is 0. The molecule has 6 heteroatoms. The molecule has 1 saturated heterocycles. The first-order valence-electron chi connectivity index (χ1n) is 4.04. The number of amides is 1. The Bertz CT molecular complexity index is 222. The van der Waals surface area contributed by atoms with Gasteiger partial charge in [0.1, 0.15) is 6.26 Å². The molecule has 0 atom stereocenters. The predicted octanol–water partition coefficient (Wildman–Crippen LogP) is 0.661. The van der Waals surface area contributed by atoms with E-state index in [1.807, 2.05) is 0 Å². The number of hydrogen-bond acceptors (Lipinski definition) is 4. The molecule has 1 rings (SSSR count). The first kappa shape index (κ1) is 12.4. The number of nitrogens with zero attached hydrogens (tertiary/aromatic N) is 1. The Morgan fingerprint density at radius 1 is 1.64 bits per heavy atom. The highest BCUT2D eigenvalue weighted by Crippen LogP contribution is 2.09. The molecule has 0 aliphatic carbocycles. The van der Waals surface area contributed by atoms with Crippen molar-refractivity contribution in [3.63, 3.8) is 0 Å². The fourth-order valence-corrected chi connectivity index (χ4v) is 0.927. The van der Waals surface area contributed by atoms with Gasteiger partial charge in [0.2, 0.25) is 5.91 Å². The maximum atomic E-state index is 10.8. The van der Waals surface area contributed by atoms with Crippen molar-refractivity contribution in [3.05, 3.63) is 12.5 Å². The minimum absolute atomic E-state index is 0.0771. The number of carboxylic acid groups (broad SMARTS) is 1. The highest BCUT2D eigenvalue weighted by Gasteiger charge is 2.17. The van der Waals surface area contributed by atoms with Gasteiger partial charge in [0.25, 0.3) is 5.97 Å². The van der Waals surface area contributed by atoms with Gasteiger partial charge < -0.3 is 14.9 Å². The third-order valence-electron chi connectivity index (χ3n) is 1.41. The second-order valence-electron chi connectivity index (χ2n) is 2.60. The molecule has 14 heavy (non-hydrogen) atoms. The Labute approximate surface area is 81.3 Å². The molecule has 1 heterocycles. The van der Waals surface area contributed by atoms with E-state index in [1.54, 1.807) is 0 Å². The summed E-state index contributed by atoms with van der Waals surface area (Å²) in [6, 6.07) is 0. The van der Waals surface area contributed by atoms with E-state index >= 15 is 0 Å². The van der Waals surface area contributed by atoms with Crippen LogP contribution in [0.15, 0.2) is 12.5 Å². The van der Waals surface area contributed by atoms with Crippen molar-refractivity contribution in [2.75, 3.05) is 6.54 Å². The average Bonchev–Trinajstić information content (AvgIpc) is 2.47. The second kappa shape index (κ2) is 6.90. The van der Waals surface area contributed by atoms with Gasteiger partial charge >= 0.3 is 0 Å². The van der Waals surface area contributed by atoms with Crippen LogP contribution in [0, 0.1) is 0 Å². The van der Waals surface area contributed by atoms with Crippen LogP contribution in [0.4, 0.5) is 0 Å². The molecule has 6 nitrogen and oxygen atoms in total. The molecule has 0 aromatic rings. The normalized spacial score (nSPS) is 15.3. The molecule has 0 aromatic carbocycles. The van der Waals surface area contributed by atoms with E-state index < -0.39 is 5.97 Å². The first-order valence-corrected chi connectivity index (χ1v) is 4.04. The number of aliphatic carboxylic acids is 1. The molecule has 0 saturated carbocycles. The molecule has 0 aromatic heterocycles. The van der Waals surface area contributed by atoms with Gasteiger partial charge in [-0.25, -0.2) is 5.26 Å². The van der Waals surface area contributed by atoms with E-state index in [-0.39, 0.29) is 5.91 Å². The van der Waals surface area contributed by atoms with Crippen LogP contribution in [0.5, 0.6) is 0 Å². The largest absolute Gasteiger partial charge is 0.481 e. The molecule has 0 bridgehead atoms. The van der Waals surface area contributed by atoms with Crippen LogP contribution in [0.25, 0.3) is 0 Å². The topological polar surface area (TPSA) is 87.1 Å². The van der Waals surface area contributed by atoms with Crippen molar-refractivity contribution in [2.24, 2.45) is 0 Å². The van der Waals surface area contributed by atoms with Gasteiger partial charge in [-0.2, -0.15) is 0 Å². The first-order chi connectivity index (χ1) is 6.57. The lowest BCUT2D eigenvalue weighted by atomic mass is 10.4. The van der Waals surface area contributed by atoms with Crippen LogP contribution in [0.3, 0.4) is 0 Å².